The molecule has 2 atom stereocenters. The molecule has 10 heavy (non-hydrogen) atoms. The maximum Gasteiger partial charge on any atom is 0.0821 e. The van der Waals surface area contributed by atoms with Crippen molar-refractivity contribution in [1.82, 2.24) is 5.32 Å². The topological polar surface area (TPSA) is 21.3 Å². The summed E-state index contributed by atoms with van der Waals surface area (Å²) in [6, 6.07) is 0. The lowest BCUT2D eigenvalue weighted by Crippen LogP contribution is -2.30. The monoisotopic (exact) mass is 141 g/mol. The van der Waals surface area contributed by atoms with E-state index >= 15 is 0 Å². The Hall–Kier alpha value is -0.0800. The van der Waals surface area contributed by atoms with Gasteiger partial charge in [-0.15, -0.1) is 0 Å². The molecule has 2 heteroatoms. The number of nitrogens with one attached hydrogen (secondary N) is 1. The molecule has 1 N–H and O–H groups in total. The molecular weight excluding hydrogens is 126 g/mol. The SMILES string of the molecule is CC1COC2(CCNC2)C1. The predicted octanol–water partition coefficient (Wildman–Crippen LogP) is 0.775. The summed E-state index contributed by atoms with van der Waals surface area (Å²) in [5.41, 5.74) is 0.249. The smallest absolute Gasteiger partial charge is 0.0821 e. The zero-order valence-electron chi connectivity index (χ0n) is 6.52. The Morgan fingerprint density at radius 2 is 2.50 bits per heavy atom. The van der Waals surface area contributed by atoms with Crippen molar-refractivity contribution in [3.63, 3.8) is 0 Å². The van der Waals surface area contributed by atoms with E-state index in [1.54, 1.807) is 0 Å². The van der Waals surface area contributed by atoms with E-state index in [0.717, 1.165) is 25.6 Å². The van der Waals surface area contributed by atoms with Crippen LogP contribution in [0.4, 0.5) is 0 Å². The van der Waals surface area contributed by atoms with Gasteiger partial charge in [0, 0.05) is 6.54 Å². The first kappa shape index (κ1) is 6.62. The number of rotatable bonds is 0. The molecule has 2 aliphatic heterocycles. The summed E-state index contributed by atoms with van der Waals surface area (Å²) in [5.74, 6) is 0.778. The van der Waals surface area contributed by atoms with Crippen LogP contribution in [0.25, 0.3) is 0 Å². The van der Waals surface area contributed by atoms with Crippen molar-refractivity contribution in [1.29, 1.82) is 0 Å². The van der Waals surface area contributed by atoms with Crippen molar-refractivity contribution in [2.45, 2.75) is 25.4 Å². The van der Waals surface area contributed by atoms with E-state index in [1.165, 1.54) is 12.8 Å². The fourth-order valence-electron chi connectivity index (χ4n) is 2.09. The van der Waals surface area contributed by atoms with Gasteiger partial charge in [-0.3, -0.25) is 0 Å². The van der Waals surface area contributed by atoms with Crippen molar-refractivity contribution in [3.8, 4) is 0 Å². The molecule has 2 aliphatic rings. The van der Waals surface area contributed by atoms with Crippen LogP contribution in [0.2, 0.25) is 0 Å². The molecule has 2 saturated heterocycles. The molecule has 2 unspecified atom stereocenters. The Morgan fingerprint density at radius 1 is 1.60 bits per heavy atom. The second-order valence-corrected chi connectivity index (χ2v) is 3.73. The number of ether oxygens (including phenoxy) is 1. The first-order valence-electron chi connectivity index (χ1n) is 4.15. The van der Waals surface area contributed by atoms with Crippen LogP contribution >= 0.6 is 0 Å². The van der Waals surface area contributed by atoms with Gasteiger partial charge in [-0.2, -0.15) is 0 Å². The van der Waals surface area contributed by atoms with Gasteiger partial charge in [-0.05, 0) is 25.3 Å². The van der Waals surface area contributed by atoms with Crippen LogP contribution in [0.15, 0.2) is 0 Å². The Morgan fingerprint density at radius 3 is 3.00 bits per heavy atom. The summed E-state index contributed by atoms with van der Waals surface area (Å²) in [6.07, 6.45) is 2.48. The van der Waals surface area contributed by atoms with Crippen LogP contribution in [0.3, 0.4) is 0 Å². The fraction of sp³-hybridized carbons (Fsp3) is 1.00. The summed E-state index contributed by atoms with van der Waals surface area (Å²) >= 11 is 0. The van der Waals surface area contributed by atoms with E-state index in [4.69, 9.17) is 4.74 Å². The van der Waals surface area contributed by atoms with Crippen LogP contribution in [0.1, 0.15) is 19.8 Å². The molecule has 0 aromatic rings. The second kappa shape index (κ2) is 2.21. The molecule has 0 bridgehead atoms. The van der Waals surface area contributed by atoms with Crippen LogP contribution in [0.5, 0.6) is 0 Å². The van der Waals surface area contributed by atoms with Crippen molar-refractivity contribution < 1.29 is 4.74 Å². The van der Waals surface area contributed by atoms with Gasteiger partial charge in [-0.1, -0.05) is 6.92 Å². The van der Waals surface area contributed by atoms with Crippen molar-refractivity contribution in [2.75, 3.05) is 19.7 Å². The zero-order chi connectivity index (χ0) is 7.03. The van der Waals surface area contributed by atoms with Gasteiger partial charge in [0.25, 0.3) is 0 Å². The summed E-state index contributed by atoms with van der Waals surface area (Å²) in [4.78, 5) is 0. The molecule has 0 saturated carbocycles. The molecule has 0 aromatic carbocycles. The highest BCUT2D eigenvalue weighted by atomic mass is 16.5. The fourth-order valence-corrected chi connectivity index (χ4v) is 2.09. The van der Waals surface area contributed by atoms with Crippen molar-refractivity contribution in [3.05, 3.63) is 0 Å². The lowest BCUT2D eigenvalue weighted by Gasteiger charge is -2.20. The van der Waals surface area contributed by atoms with E-state index in [2.05, 4.69) is 12.2 Å². The third-order valence-electron chi connectivity index (χ3n) is 2.60. The van der Waals surface area contributed by atoms with E-state index in [9.17, 15) is 0 Å². The molecule has 1 spiro atoms. The minimum absolute atomic E-state index is 0.249. The molecule has 0 aliphatic carbocycles. The largest absolute Gasteiger partial charge is 0.373 e. The summed E-state index contributed by atoms with van der Waals surface area (Å²) < 4.78 is 5.75. The van der Waals surface area contributed by atoms with Crippen LogP contribution in [-0.4, -0.2) is 25.3 Å². The van der Waals surface area contributed by atoms with Gasteiger partial charge in [0.2, 0.25) is 0 Å². The zero-order valence-corrected chi connectivity index (χ0v) is 6.52. The average Bonchev–Trinajstić information content (AvgIpc) is 2.46. The van der Waals surface area contributed by atoms with Crippen LogP contribution in [0, 0.1) is 5.92 Å². The van der Waals surface area contributed by atoms with Gasteiger partial charge in [0.05, 0.1) is 12.2 Å². The number of hydrogen-bond donors (Lipinski definition) is 1. The number of hydrogen-bond acceptors (Lipinski definition) is 2. The quantitative estimate of drug-likeness (QED) is 0.538. The Balaban J connectivity index is 2.03. The highest BCUT2D eigenvalue weighted by Crippen LogP contribution is 2.34. The van der Waals surface area contributed by atoms with Gasteiger partial charge in [0.15, 0.2) is 0 Å². The third kappa shape index (κ3) is 0.956. The maximum absolute atomic E-state index is 5.75. The highest BCUT2D eigenvalue weighted by molar-refractivity contribution is 4.94. The third-order valence-corrected chi connectivity index (χ3v) is 2.60. The van der Waals surface area contributed by atoms with E-state index in [-0.39, 0.29) is 5.60 Å². The van der Waals surface area contributed by atoms with E-state index in [0.29, 0.717) is 0 Å². The summed E-state index contributed by atoms with van der Waals surface area (Å²) in [5, 5.41) is 3.35. The Kier molecular flexibility index (Phi) is 1.46. The summed E-state index contributed by atoms with van der Waals surface area (Å²) in [7, 11) is 0. The van der Waals surface area contributed by atoms with Gasteiger partial charge in [0.1, 0.15) is 0 Å². The van der Waals surface area contributed by atoms with Gasteiger partial charge < -0.3 is 10.1 Å². The van der Waals surface area contributed by atoms with E-state index < -0.39 is 0 Å². The Bertz CT molecular complexity index is 129. The molecule has 0 amide bonds. The van der Waals surface area contributed by atoms with Crippen LogP contribution < -0.4 is 5.32 Å². The summed E-state index contributed by atoms with van der Waals surface area (Å²) in [6.45, 7) is 5.47. The molecular formula is C8H15NO. The highest BCUT2D eigenvalue weighted by Gasteiger charge is 2.40. The molecule has 2 nitrogen and oxygen atoms in total. The molecule has 58 valence electrons. The van der Waals surface area contributed by atoms with Crippen LogP contribution in [-0.2, 0) is 4.74 Å². The standard InChI is InChI=1S/C8H15NO/c1-7-4-8(10-5-7)2-3-9-6-8/h7,9H,2-6H2,1H3. The molecule has 2 heterocycles. The van der Waals surface area contributed by atoms with E-state index in [1.807, 2.05) is 0 Å². The van der Waals surface area contributed by atoms with Crippen molar-refractivity contribution >= 4 is 0 Å². The van der Waals surface area contributed by atoms with Gasteiger partial charge in [-0.25, -0.2) is 0 Å². The van der Waals surface area contributed by atoms with Crippen molar-refractivity contribution in [2.24, 2.45) is 5.92 Å². The molecule has 2 fully saturated rings. The normalized spacial score (nSPS) is 47.1. The minimum atomic E-state index is 0.249. The first-order valence-corrected chi connectivity index (χ1v) is 4.15. The van der Waals surface area contributed by atoms with Gasteiger partial charge >= 0.3 is 0 Å². The molecule has 0 aromatic heterocycles. The lowest BCUT2D eigenvalue weighted by molar-refractivity contribution is 0.0206. The lowest BCUT2D eigenvalue weighted by atomic mass is 9.95. The second-order valence-electron chi connectivity index (χ2n) is 3.73. The average molecular weight is 141 g/mol. The Labute approximate surface area is 61.9 Å². The molecule has 0 radical (unpaired) electrons. The minimum Gasteiger partial charge on any atom is -0.373 e. The maximum atomic E-state index is 5.75. The first-order chi connectivity index (χ1) is 4.81. The predicted molar refractivity (Wildman–Crippen MR) is 40.0 cm³/mol. The molecule has 2 rings (SSSR count).